The summed E-state index contributed by atoms with van der Waals surface area (Å²) < 4.78 is 6.16. The first-order valence-electron chi connectivity index (χ1n) is 3.63. The lowest BCUT2D eigenvalue weighted by molar-refractivity contribution is 0.420. The lowest BCUT2D eigenvalue weighted by atomic mass is 10.2. The van der Waals surface area contributed by atoms with E-state index >= 15 is 0 Å². The molecule has 4 heteroatoms. The monoisotopic (exact) mass is 232 g/mol. The summed E-state index contributed by atoms with van der Waals surface area (Å²) >= 11 is 13.5. The van der Waals surface area contributed by atoms with Crippen molar-refractivity contribution in [2.75, 3.05) is 7.11 Å². The molecule has 68 valence electrons. The van der Waals surface area contributed by atoms with Crippen LogP contribution in [0.5, 0.6) is 5.75 Å². The Morgan fingerprint density at radius 1 is 1.38 bits per heavy atom. The topological polar surface area (TPSA) is 9.23 Å². The average Bonchev–Trinajstić information content (AvgIpc) is 2.60. The third kappa shape index (κ3) is 1.39. The average molecular weight is 233 g/mol. The van der Waals surface area contributed by atoms with Gasteiger partial charge in [0, 0.05) is 11.5 Å². The molecule has 2 aromatic rings. The summed E-state index contributed by atoms with van der Waals surface area (Å²) in [7, 11) is 1.62. The van der Waals surface area contributed by atoms with Crippen molar-refractivity contribution in [3.8, 4) is 5.75 Å². The maximum absolute atomic E-state index is 6.02. The van der Waals surface area contributed by atoms with E-state index in [9.17, 15) is 0 Å². The van der Waals surface area contributed by atoms with Gasteiger partial charge in [-0.3, -0.25) is 0 Å². The van der Waals surface area contributed by atoms with Gasteiger partial charge in [0.05, 0.1) is 21.9 Å². The minimum Gasteiger partial charge on any atom is -0.496 e. The molecule has 0 spiro atoms. The minimum atomic E-state index is 0.536. The van der Waals surface area contributed by atoms with Crippen molar-refractivity contribution in [1.29, 1.82) is 0 Å². The Balaban J connectivity index is 2.87. The number of ether oxygens (including phenoxy) is 1. The van der Waals surface area contributed by atoms with Gasteiger partial charge in [0.1, 0.15) is 5.75 Å². The van der Waals surface area contributed by atoms with Crippen molar-refractivity contribution < 1.29 is 4.74 Å². The minimum absolute atomic E-state index is 0.536. The fraction of sp³-hybridized carbons (Fsp3) is 0.111. The lowest BCUT2D eigenvalue weighted by Crippen LogP contribution is -1.83. The van der Waals surface area contributed by atoms with E-state index in [2.05, 4.69) is 0 Å². The summed E-state index contributed by atoms with van der Waals surface area (Å²) in [6.07, 6.45) is 0. The van der Waals surface area contributed by atoms with Crippen LogP contribution >= 0.6 is 34.5 Å². The molecule has 0 aliphatic heterocycles. The van der Waals surface area contributed by atoms with Gasteiger partial charge in [-0.15, -0.1) is 11.3 Å². The highest BCUT2D eigenvalue weighted by Crippen LogP contribution is 2.40. The van der Waals surface area contributed by atoms with Crippen molar-refractivity contribution in [2.45, 2.75) is 0 Å². The van der Waals surface area contributed by atoms with Gasteiger partial charge in [-0.25, -0.2) is 0 Å². The second-order valence-corrected chi connectivity index (χ2v) is 4.24. The molecule has 0 aliphatic carbocycles. The Morgan fingerprint density at radius 2 is 2.15 bits per heavy atom. The van der Waals surface area contributed by atoms with Crippen molar-refractivity contribution in [3.05, 3.63) is 27.6 Å². The number of benzene rings is 1. The predicted octanol–water partition coefficient (Wildman–Crippen LogP) is 4.22. The molecule has 0 unspecified atom stereocenters. The summed E-state index contributed by atoms with van der Waals surface area (Å²) in [5, 5.41) is 4.12. The Morgan fingerprint density at radius 3 is 2.85 bits per heavy atom. The van der Waals surface area contributed by atoms with Gasteiger partial charge in [0.25, 0.3) is 0 Å². The van der Waals surface area contributed by atoms with Crippen LogP contribution in [0.25, 0.3) is 10.1 Å². The Bertz CT molecular complexity index is 450. The van der Waals surface area contributed by atoms with E-state index in [-0.39, 0.29) is 0 Å². The molecule has 0 saturated heterocycles. The quantitative estimate of drug-likeness (QED) is 0.716. The SMILES string of the molecule is COc1cc(Cl)c(Cl)c2sccc12. The molecule has 1 aromatic heterocycles. The zero-order valence-electron chi connectivity index (χ0n) is 6.80. The highest BCUT2D eigenvalue weighted by molar-refractivity contribution is 7.18. The van der Waals surface area contributed by atoms with Gasteiger partial charge >= 0.3 is 0 Å². The van der Waals surface area contributed by atoms with E-state index in [1.807, 2.05) is 11.4 Å². The molecule has 0 saturated carbocycles. The predicted molar refractivity (Wildman–Crippen MR) is 58.4 cm³/mol. The zero-order valence-corrected chi connectivity index (χ0v) is 9.13. The number of fused-ring (bicyclic) bond motifs is 1. The fourth-order valence-electron chi connectivity index (χ4n) is 1.21. The number of hydrogen-bond donors (Lipinski definition) is 0. The highest BCUT2D eigenvalue weighted by atomic mass is 35.5. The van der Waals surface area contributed by atoms with E-state index in [0.29, 0.717) is 10.0 Å². The van der Waals surface area contributed by atoms with Crippen LogP contribution < -0.4 is 4.74 Å². The first-order valence-corrected chi connectivity index (χ1v) is 5.27. The molecule has 13 heavy (non-hydrogen) atoms. The fourth-order valence-corrected chi connectivity index (χ4v) is 2.60. The Hall–Kier alpha value is -0.440. The second-order valence-electron chi connectivity index (χ2n) is 2.54. The third-order valence-corrected chi connectivity index (χ3v) is 3.65. The molecule has 1 heterocycles. The first kappa shape index (κ1) is 9.13. The van der Waals surface area contributed by atoms with Crippen molar-refractivity contribution in [1.82, 2.24) is 0 Å². The van der Waals surface area contributed by atoms with E-state index in [4.69, 9.17) is 27.9 Å². The van der Waals surface area contributed by atoms with E-state index in [1.54, 1.807) is 24.5 Å². The molecule has 1 aromatic carbocycles. The number of rotatable bonds is 1. The van der Waals surface area contributed by atoms with E-state index < -0.39 is 0 Å². The largest absolute Gasteiger partial charge is 0.496 e. The molecular weight excluding hydrogens is 227 g/mol. The molecule has 0 amide bonds. The number of hydrogen-bond acceptors (Lipinski definition) is 2. The highest BCUT2D eigenvalue weighted by Gasteiger charge is 2.10. The first-order chi connectivity index (χ1) is 6.24. The Labute approximate surface area is 89.8 Å². The summed E-state index contributed by atoms with van der Waals surface area (Å²) in [5.74, 6) is 0.769. The van der Waals surface area contributed by atoms with Crippen LogP contribution in [0.4, 0.5) is 0 Å². The van der Waals surface area contributed by atoms with E-state index in [0.717, 1.165) is 15.8 Å². The van der Waals surface area contributed by atoms with Crippen molar-refractivity contribution in [2.24, 2.45) is 0 Å². The molecule has 0 N–H and O–H groups in total. The van der Waals surface area contributed by atoms with Crippen molar-refractivity contribution >= 4 is 44.6 Å². The Kier molecular flexibility index (Phi) is 2.37. The van der Waals surface area contributed by atoms with Gasteiger partial charge in [0.2, 0.25) is 0 Å². The van der Waals surface area contributed by atoms with Gasteiger partial charge in [-0.2, -0.15) is 0 Å². The van der Waals surface area contributed by atoms with Crippen LogP contribution in [0.2, 0.25) is 10.0 Å². The van der Waals surface area contributed by atoms with Gasteiger partial charge in [-0.1, -0.05) is 23.2 Å². The molecule has 2 rings (SSSR count). The van der Waals surface area contributed by atoms with Crippen LogP contribution in [0.15, 0.2) is 17.5 Å². The normalized spacial score (nSPS) is 10.7. The van der Waals surface area contributed by atoms with E-state index in [1.165, 1.54) is 0 Å². The summed E-state index contributed by atoms with van der Waals surface area (Å²) in [4.78, 5) is 0. The summed E-state index contributed by atoms with van der Waals surface area (Å²) in [6.45, 7) is 0. The molecule has 0 bridgehead atoms. The van der Waals surface area contributed by atoms with Crippen LogP contribution in [-0.2, 0) is 0 Å². The smallest absolute Gasteiger partial charge is 0.129 e. The van der Waals surface area contributed by atoms with Gasteiger partial charge in [-0.05, 0) is 11.4 Å². The molecule has 1 nitrogen and oxygen atoms in total. The zero-order chi connectivity index (χ0) is 9.42. The molecule has 0 aliphatic rings. The molecule has 0 radical (unpaired) electrons. The standard InChI is InChI=1S/C9H6Cl2OS/c1-12-7-4-6(10)8(11)9-5(7)2-3-13-9/h2-4H,1H3. The maximum atomic E-state index is 6.02. The third-order valence-electron chi connectivity index (χ3n) is 1.82. The van der Waals surface area contributed by atoms with Crippen LogP contribution in [-0.4, -0.2) is 7.11 Å². The number of thiophene rings is 1. The molecule has 0 atom stereocenters. The van der Waals surface area contributed by atoms with Crippen LogP contribution in [0, 0.1) is 0 Å². The maximum Gasteiger partial charge on any atom is 0.129 e. The van der Waals surface area contributed by atoms with Crippen LogP contribution in [0.3, 0.4) is 0 Å². The van der Waals surface area contributed by atoms with Crippen molar-refractivity contribution in [3.63, 3.8) is 0 Å². The van der Waals surface area contributed by atoms with Crippen LogP contribution in [0.1, 0.15) is 0 Å². The number of methoxy groups -OCH3 is 1. The summed E-state index contributed by atoms with van der Waals surface area (Å²) in [5.41, 5.74) is 0. The molecular formula is C9H6Cl2OS. The second kappa shape index (κ2) is 3.37. The van der Waals surface area contributed by atoms with Gasteiger partial charge < -0.3 is 4.74 Å². The molecule has 0 fully saturated rings. The van der Waals surface area contributed by atoms with Gasteiger partial charge in [0.15, 0.2) is 0 Å². The summed E-state index contributed by atoms with van der Waals surface area (Å²) in [6, 6.07) is 3.71. The number of halogens is 2. The lowest BCUT2D eigenvalue weighted by Gasteiger charge is -2.04.